The summed E-state index contributed by atoms with van der Waals surface area (Å²) in [5.41, 5.74) is 0.981. The van der Waals surface area contributed by atoms with E-state index in [9.17, 15) is 0 Å². The third-order valence-corrected chi connectivity index (χ3v) is 0.589. The maximum Gasteiger partial charge on any atom is 1.00 e. The van der Waals surface area contributed by atoms with Gasteiger partial charge in [0, 0.05) is 0 Å². The molecule has 0 unspecified atom stereocenters. The van der Waals surface area contributed by atoms with Crippen molar-refractivity contribution in [3.05, 3.63) is 18.2 Å². The molecular formula is C6H11KN2. The Labute approximate surface area is 98.9 Å². The van der Waals surface area contributed by atoms with E-state index in [1.165, 1.54) is 6.33 Å². The smallest absolute Gasteiger partial charge is 0.450 e. The first-order chi connectivity index (χ1) is 3.89. The summed E-state index contributed by atoms with van der Waals surface area (Å²) >= 11 is 0. The summed E-state index contributed by atoms with van der Waals surface area (Å²) in [4.78, 5) is 7.52. The molecule has 1 aromatic heterocycles. The number of hydrogen-bond acceptors (Lipinski definition) is 1. The van der Waals surface area contributed by atoms with Crippen LogP contribution in [0.3, 0.4) is 0 Å². The van der Waals surface area contributed by atoms with Crippen LogP contribution in [0, 0.1) is 6.92 Å². The van der Waals surface area contributed by atoms with Gasteiger partial charge in [0.25, 0.3) is 0 Å². The van der Waals surface area contributed by atoms with Crippen molar-refractivity contribution in [2.24, 2.45) is 0 Å². The van der Waals surface area contributed by atoms with E-state index in [-0.39, 0.29) is 51.4 Å². The summed E-state index contributed by atoms with van der Waals surface area (Å²) in [5.74, 6) is 0. The second-order valence-electron chi connectivity index (χ2n) is 1.16. The third kappa shape index (κ3) is 6.74. The molecule has 0 atom stereocenters. The van der Waals surface area contributed by atoms with Gasteiger partial charge in [-0.1, -0.05) is 32.1 Å². The van der Waals surface area contributed by atoms with Crippen LogP contribution >= 0.6 is 0 Å². The number of hydrogen-bond donors (Lipinski definition) is 0. The zero-order chi connectivity index (χ0) is 6.41. The SMILES string of the molecule is CC.Cc1cnc[n-]1.[K+]. The van der Waals surface area contributed by atoms with Gasteiger partial charge >= 0.3 is 51.4 Å². The molecule has 0 fully saturated rings. The van der Waals surface area contributed by atoms with Crippen molar-refractivity contribution < 1.29 is 51.4 Å². The second kappa shape index (κ2) is 8.85. The van der Waals surface area contributed by atoms with Crippen LogP contribution < -0.4 is 56.4 Å². The van der Waals surface area contributed by atoms with Crippen LogP contribution in [0.2, 0.25) is 0 Å². The Hall–Kier alpha value is 0.846. The van der Waals surface area contributed by atoms with Crippen molar-refractivity contribution in [2.75, 3.05) is 0 Å². The molecule has 46 valence electrons. The van der Waals surface area contributed by atoms with Crippen molar-refractivity contribution in [3.63, 3.8) is 0 Å². The third-order valence-electron chi connectivity index (χ3n) is 0.589. The van der Waals surface area contributed by atoms with E-state index < -0.39 is 0 Å². The molecule has 0 aromatic carbocycles. The van der Waals surface area contributed by atoms with Gasteiger partial charge in [-0.15, -0.1) is 0 Å². The molecule has 0 amide bonds. The average molecular weight is 150 g/mol. The summed E-state index contributed by atoms with van der Waals surface area (Å²) in [6.07, 6.45) is 3.26. The Kier molecular flexibility index (Phi) is 12.3. The van der Waals surface area contributed by atoms with E-state index in [2.05, 4.69) is 9.97 Å². The Bertz CT molecular complexity index is 115. The number of aromatic nitrogens is 2. The fraction of sp³-hybridized carbons (Fsp3) is 0.500. The minimum atomic E-state index is 0. The standard InChI is InChI=1S/C4H5N2.C2H6.K/c1-4-2-5-3-6-4;1-2;/h2-3H,1H3;1-2H3;/q-1;;+1. The van der Waals surface area contributed by atoms with Crippen LogP contribution in [0.1, 0.15) is 19.5 Å². The molecule has 0 aliphatic carbocycles. The average Bonchev–Trinajstić information content (AvgIpc) is 2.24. The zero-order valence-electron chi connectivity index (χ0n) is 6.55. The molecule has 0 saturated carbocycles. The van der Waals surface area contributed by atoms with Gasteiger partial charge in [0.05, 0.1) is 0 Å². The molecule has 0 aliphatic heterocycles. The molecule has 3 heteroatoms. The minimum absolute atomic E-state index is 0. The van der Waals surface area contributed by atoms with Crippen molar-refractivity contribution in [2.45, 2.75) is 20.8 Å². The quantitative estimate of drug-likeness (QED) is 0.416. The Morgan fingerprint density at radius 2 is 2.00 bits per heavy atom. The first kappa shape index (κ1) is 12.5. The number of imidazole rings is 1. The van der Waals surface area contributed by atoms with Crippen LogP contribution in [0.5, 0.6) is 0 Å². The summed E-state index contributed by atoms with van der Waals surface area (Å²) < 4.78 is 0. The monoisotopic (exact) mass is 150 g/mol. The normalized spacial score (nSPS) is 6.56. The zero-order valence-corrected chi connectivity index (χ0v) is 9.67. The van der Waals surface area contributed by atoms with Crippen LogP contribution in [0.25, 0.3) is 0 Å². The Balaban J connectivity index is 0. The molecule has 0 spiro atoms. The molecule has 9 heavy (non-hydrogen) atoms. The molecule has 0 radical (unpaired) electrons. The predicted octanol–water partition coefficient (Wildman–Crippen LogP) is -1.62. The molecule has 0 bridgehead atoms. The largest absolute Gasteiger partial charge is 1.00 e. The van der Waals surface area contributed by atoms with Gasteiger partial charge < -0.3 is 9.97 Å². The van der Waals surface area contributed by atoms with Crippen molar-refractivity contribution in [1.29, 1.82) is 0 Å². The van der Waals surface area contributed by atoms with Gasteiger partial charge in [-0.2, -0.15) is 0 Å². The molecule has 1 rings (SSSR count). The molecule has 1 aromatic rings. The number of aryl methyl sites for hydroxylation is 1. The molecule has 0 aliphatic rings. The summed E-state index contributed by atoms with van der Waals surface area (Å²) in [6, 6.07) is 0. The topological polar surface area (TPSA) is 27.0 Å². The van der Waals surface area contributed by atoms with Crippen molar-refractivity contribution in [3.8, 4) is 0 Å². The van der Waals surface area contributed by atoms with Crippen LogP contribution in [-0.2, 0) is 0 Å². The molecule has 0 N–H and O–H groups in total. The fourth-order valence-electron chi connectivity index (χ4n) is 0.299. The maximum absolute atomic E-state index is 3.81. The summed E-state index contributed by atoms with van der Waals surface area (Å²) in [5, 5.41) is 0. The number of rotatable bonds is 0. The van der Waals surface area contributed by atoms with E-state index in [4.69, 9.17) is 0 Å². The molecule has 2 nitrogen and oxygen atoms in total. The Morgan fingerprint density at radius 1 is 1.44 bits per heavy atom. The number of nitrogens with zero attached hydrogens (tertiary/aromatic N) is 2. The van der Waals surface area contributed by atoms with Gasteiger partial charge in [0.1, 0.15) is 0 Å². The first-order valence-electron chi connectivity index (χ1n) is 2.79. The van der Waals surface area contributed by atoms with Crippen LogP contribution in [0.4, 0.5) is 0 Å². The molecular weight excluding hydrogens is 139 g/mol. The van der Waals surface area contributed by atoms with E-state index in [1.54, 1.807) is 6.20 Å². The van der Waals surface area contributed by atoms with Crippen molar-refractivity contribution in [1.82, 2.24) is 9.97 Å². The van der Waals surface area contributed by atoms with Crippen LogP contribution in [-0.4, -0.2) is 4.98 Å². The summed E-state index contributed by atoms with van der Waals surface area (Å²) in [7, 11) is 0. The van der Waals surface area contributed by atoms with Gasteiger partial charge in [-0.3, -0.25) is 0 Å². The summed E-state index contributed by atoms with van der Waals surface area (Å²) in [6.45, 7) is 5.91. The first-order valence-corrected chi connectivity index (χ1v) is 2.79. The second-order valence-corrected chi connectivity index (χ2v) is 1.16. The van der Waals surface area contributed by atoms with Crippen LogP contribution in [0.15, 0.2) is 12.5 Å². The maximum atomic E-state index is 3.81. The predicted molar refractivity (Wildman–Crippen MR) is 33.6 cm³/mol. The van der Waals surface area contributed by atoms with E-state index in [1.807, 2.05) is 20.8 Å². The van der Waals surface area contributed by atoms with E-state index in [0.29, 0.717) is 0 Å². The molecule has 0 saturated heterocycles. The van der Waals surface area contributed by atoms with E-state index in [0.717, 1.165) is 5.69 Å². The van der Waals surface area contributed by atoms with E-state index >= 15 is 0 Å². The fourth-order valence-corrected chi connectivity index (χ4v) is 0.299. The minimum Gasteiger partial charge on any atom is -0.450 e. The van der Waals surface area contributed by atoms with Gasteiger partial charge in [0.15, 0.2) is 0 Å². The Morgan fingerprint density at radius 3 is 2.11 bits per heavy atom. The van der Waals surface area contributed by atoms with Gasteiger partial charge in [-0.05, 0) is 6.92 Å². The van der Waals surface area contributed by atoms with Gasteiger partial charge in [0.2, 0.25) is 0 Å². The molecule has 1 heterocycles. The van der Waals surface area contributed by atoms with Crippen molar-refractivity contribution >= 4 is 0 Å². The van der Waals surface area contributed by atoms with Gasteiger partial charge in [-0.25, -0.2) is 0 Å².